The molecule has 0 radical (unpaired) electrons. The summed E-state index contributed by atoms with van der Waals surface area (Å²) >= 11 is 3.42. The first-order valence-electron chi connectivity index (χ1n) is 9.75. The maximum Gasteiger partial charge on any atom is 0.268 e. The summed E-state index contributed by atoms with van der Waals surface area (Å²) in [7, 11) is 0. The molecule has 3 aromatic heterocycles. The Morgan fingerprint density at radius 2 is 2.04 bits per heavy atom. The zero-order valence-electron chi connectivity index (χ0n) is 16.2. The summed E-state index contributed by atoms with van der Waals surface area (Å²) in [4.78, 5) is 16.1. The van der Waals surface area contributed by atoms with Crippen molar-refractivity contribution in [2.45, 2.75) is 51.1 Å². The van der Waals surface area contributed by atoms with Crippen LogP contribution in [0, 0.1) is 6.92 Å². The van der Waals surface area contributed by atoms with E-state index in [-0.39, 0.29) is 5.56 Å². The van der Waals surface area contributed by atoms with Crippen LogP contribution in [0.2, 0.25) is 0 Å². The standard InChI is InChI=1S/C21H22N4OS2/c1-4-27-21-23-22-20-24(14-10-8-12(2)9-11-14)18(26)17-16-13(3)6-5-7-15(16)28-19(17)25(20)21/h8-11,13H,4-7H2,1-3H3/t13-/m1/s1. The highest BCUT2D eigenvalue weighted by Crippen LogP contribution is 2.41. The topological polar surface area (TPSA) is 52.2 Å². The Morgan fingerprint density at radius 1 is 1.25 bits per heavy atom. The average Bonchev–Trinajstić information content (AvgIpc) is 3.26. The third kappa shape index (κ3) is 2.56. The van der Waals surface area contributed by atoms with Gasteiger partial charge in [-0.25, -0.2) is 8.97 Å². The highest BCUT2D eigenvalue weighted by molar-refractivity contribution is 7.99. The van der Waals surface area contributed by atoms with Gasteiger partial charge in [0.05, 0.1) is 11.1 Å². The summed E-state index contributed by atoms with van der Waals surface area (Å²) < 4.78 is 3.84. The molecule has 3 heterocycles. The summed E-state index contributed by atoms with van der Waals surface area (Å²) in [6, 6.07) is 8.05. The smallest absolute Gasteiger partial charge is 0.268 e. The average molecular weight is 411 g/mol. The number of hydrogen-bond acceptors (Lipinski definition) is 5. The predicted molar refractivity (Wildman–Crippen MR) is 116 cm³/mol. The van der Waals surface area contributed by atoms with Crippen molar-refractivity contribution in [2.75, 3.05) is 5.75 Å². The number of rotatable bonds is 3. The Kier molecular flexibility index (Phi) is 4.32. The number of nitrogens with zero attached hydrogens (tertiary/aromatic N) is 4. The molecule has 5 rings (SSSR count). The SMILES string of the molecule is CCSc1nnc2n(-c3ccc(C)cc3)c(=O)c3c4c(sc3n12)CCC[C@H]4C. The van der Waals surface area contributed by atoms with E-state index in [1.54, 1.807) is 27.7 Å². The van der Waals surface area contributed by atoms with Crippen molar-refractivity contribution in [1.29, 1.82) is 0 Å². The van der Waals surface area contributed by atoms with Gasteiger partial charge in [0.2, 0.25) is 5.78 Å². The van der Waals surface area contributed by atoms with Gasteiger partial charge in [0.1, 0.15) is 4.83 Å². The van der Waals surface area contributed by atoms with E-state index >= 15 is 0 Å². The molecule has 0 spiro atoms. The van der Waals surface area contributed by atoms with E-state index in [0.29, 0.717) is 11.7 Å². The van der Waals surface area contributed by atoms with E-state index in [0.717, 1.165) is 39.7 Å². The van der Waals surface area contributed by atoms with Gasteiger partial charge < -0.3 is 0 Å². The van der Waals surface area contributed by atoms with Crippen LogP contribution in [0.25, 0.3) is 21.7 Å². The van der Waals surface area contributed by atoms with Crippen LogP contribution < -0.4 is 5.56 Å². The van der Waals surface area contributed by atoms with Crippen molar-refractivity contribution in [3.05, 3.63) is 50.6 Å². The van der Waals surface area contributed by atoms with Crippen molar-refractivity contribution < 1.29 is 0 Å². The number of aryl methyl sites for hydroxylation is 2. The van der Waals surface area contributed by atoms with E-state index in [9.17, 15) is 4.79 Å². The fourth-order valence-corrected chi connectivity index (χ4v) is 6.37. The Hall–Kier alpha value is -2.12. The minimum Gasteiger partial charge on any atom is -0.268 e. The molecule has 0 saturated carbocycles. The van der Waals surface area contributed by atoms with Gasteiger partial charge in [-0.3, -0.25) is 4.79 Å². The van der Waals surface area contributed by atoms with E-state index in [4.69, 9.17) is 0 Å². The second-order valence-electron chi connectivity index (χ2n) is 7.44. The maximum absolute atomic E-state index is 13.8. The monoisotopic (exact) mass is 410 g/mol. The predicted octanol–water partition coefficient (Wildman–Crippen LogP) is 4.96. The summed E-state index contributed by atoms with van der Waals surface area (Å²) in [6.07, 6.45) is 3.39. The number of aromatic nitrogens is 4. The van der Waals surface area contributed by atoms with Crippen molar-refractivity contribution in [3.63, 3.8) is 0 Å². The van der Waals surface area contributed by atoms with E-state index in [2.05, 4.69) is 35.4 Å². The van der Waals surface area contributed by atoms with Crippen molar-refractivity contribution >= 4 is 39.1 Å². The quantitative estimate of drug-likeness (QED) is 0.448. The van der Waals surface area contributed by atoms with Crippen LogP contribution in [-0.2, 0) is 6.42 Å². The summed E-state index contributed by atoms with van der Waals surface area (Å²) in [6.45, 7) is 6.41. The highest BCUT2D eigenvalue weighted by Gasteiger charge is 2.28. The highest BCUT2D eigenvalue weighted by atomic mass is 32.2. The third-order valence-corrected chi connectivity index (χ3v) is 7.60. The number of fused-ring (bicyclic) bond motifs is 5. The normalized spacial score (nSPS) is 16.8. The fourth-order valence-electron chi connectivity index (χ4n) is 4.20. The molecular formula is C21H22N4OS2. The van der Waals surface area contributed by atoms with Crippen LogP contribution >= 0.6 is 23.1 Å². The molecule has 1 atom stereocenters. The molecule has 144 valence electrons. The zero-order chi connectivity index (χ0) is 19.4. The first kappa shape index (κ1) is 17.9. The van der Waals surface area contributed by atoms with Gasteiger partial charge in [0.15, 0.2) is 5.16 Å². The first-order valence-corrected chi connectivity index (χ1v) is 11.6. The van der Waals surface area contributed by atoms with Crippen LogP contribution in [0.15, 0.2) is 34.2 Å². The molecule has 0 fully saturated rings. The molecule has 5 nitrogen and oxygen atoms in total. The summed E-state index contributed by atoms with van der Waals surface area (Å²) in [5.41, 5.74) is 3.28. The Balaban J connectivity index is 1.96. The lowest BCUT2D eigenvalue weighted by molar-refractivity contribution is 0.601. The Labute approximate surface area is 171 Å². The molecule has 0 amide bonds. The van der Waals surface area contributed by atoms with Gasteiger partial charge in [0.25, 0.3) is 5.56 Å². The number of thiophene rings is 1. The Bertz CT molecular complexity index is 1250. The lowest BCUT2D eigenvalue weighted by Crippen LogP contribution is -2.22. The van der Waals surface area contributed by atoms with Crippen LogP contribution in [0.1, 0.15) is 48.6 Å². The molecule has 1 aromatic carbocycles. The van der Waals surface area contributed by atoms with Gasteiger partial charge in [-0.2, -0.15) is 0 Å². The minimum absolute atomic E-state index is 0.0260. The van der Waals surface area contributed by atoms with Crippen molar-refractivity contribution in [1.82, 2.24) is 19.2 Å². The molecular weight excluding hydrogens is 388 g/mol. The van der Waals surface area contributed by atoms with Crippen LogP contribution in [0.3, 0.4) is 0 Å². The molecule has 0 bridgehead atoms. The lowest BCUT2D eigenvalue weighted by atomic mass is 9.88. The number of thioether (sulfide) groups is 1. The molecule has 1 aliphatic rings. The molecule has 0 N–H and O–H groups in total. The minimum atomic E-state index is 0.0260. The zero-order valence-corrected chi connectivity index (χ0v) is 17.9. The van der Waals surface area contributed by atoms with Gasteiger partial charge in [-0.1, -0.05) is 43.3 Å². The van der Waals surface area contributed by atoms with Crippen LogP contribution in [-0.4, -0.2) is 24.9 Å². The van der Waals surface area contributed by atoms with Crippen molar-refractivity contribution in [2.24, 2.45) is 0 Å². The number of benzene rings is 1. The summed E-state index contributed by atoms with van der Waals surface area (Å²) in [5.74, 6) is 1.92. The Morgan fingerprint density at radius 3 is 2.79 bits per heavy atom. The van der Waals surface area contributed by atoms with E-state index < -0.39 is 0 Å². The van der Waals surface area contributed by atoms with Crippen LogP contribution in [0.4, 0.5) is 0 Å². The maximum atomic E-state index is 13.8. The lowest BCUT2D eigenvalue weighted by Gasteiger charge is -2.18. The van der Waals surface area contributed by atoms with E-state index in [1.165, 1.54) is 22.4 Å². The molecule has 4 aromatic rings. The fraction of sp³-hybridized carbons (Fsp3) is 0.381. The molecule has 1 aliphatic carbocycles. The first-order chi connectivity index (χ1) is 13.6. The van der Waals surface area contributed by atoms with Gasteiger partial charge in [0, 0.05) is 4.88 Å². The van der Waals surface area contributed by atoms with Crippen LogP contribution in [0.5, 0.6) is 0 Å². The van der Waals surface area contributed by atoms with E-state index in [1.807, 2.05) is 24.3 Å². The molecule has 7 heteroatoms. The number of hydrogen-bond donors (Lipinski definition) is 0. The molecule has 0 aliphatic heterocycles. The van der Waals surface area contributed by atoms with Gasteiger partial charge >= 0.3 is 0 Å². The van der Waals surface area contributed by atoms with Gasteiger partial charge in [-0.05, 0) is 55.6 Å². The third-order valence-electron chi connectivity index (χ3n) is 5.54. The molecule has 0 unspecified atom stereocenters. The second-order valence-corrected chi connectivity index (χ2v) is 9.75. The largest absolute Gasteiger partial charge is 0.268 e. The molecule has 0 saturated heterocycles. The summed E-state index contributed by atoms with van der Waals surface area (Å²) in [5, 5.41) is 10.6. The van der Waals surface area contributed by atoms with Crippen molar-refractivity contribution in [3.8, 4) is 5.69 Å². The second kappa shape index (κ2) is 6.74. The molecule has 28 heavy (non-hydrogen) atoms. The van der Waals surface area contributed by atoms with Gasteiger partial charge in [-0.15, -0.1) is 21.5 Å².